The number of hydrogen-bond donors (Lipinski definition) is 2. The molecule has 1 amide bonds. The summed E-state index contributed by atoms with van der Waals surface area (Å²) in [4.78, 5) is 13.5. The maximum absolute atomic E-state index is 12.3. The van der Waals surface area contributed by atoms with Gasteiger partial charge < -0.3 is 11.1 Å². The topological polar surface area (TPSA) is 55.1 Å². The number of carbonyl (C=O) groups is 1. The Kier molecular flexibility index (Phi) is 7.46. The van der Waals surface area contributed by atoms with Crippen LogP contribution in [0.5, 0.6) is 0 Å². The summed E-state index contributed by atoms with van der Waals surface area (Å²) in [5, 5.41) is 3.53. The van der Waals surface area contributed by atoms with Gasteiger partial charge in [-0.2, -0.15) is 0 Å². The fourth-order valence-corrected chi connectivity index (χ4v) is 3.06. The second-order valence-corrected chi connectivity index (χ2v) is 6.90. The van der Waals surface area contributed by atoms with Gasteiger partial charge in [0, 0.05) is 27.1 Å². The summed E-state index contributed by atoms with van der Waals surface area (Å²) < 4.78 is 0. The van der Waals surface area contributed by atoms with Crippen LogP contribution in [0, 0.1) is 6.92 Å². The molecule has 0 bridgehead atoms. The number of halogens is 1. The fourth-order valence-electron chi connectivity index (χ4n) is 2.04. The van der Waals surface area contributed by atoms with E-state index in [2.05, 4.69) is 31.3 Å². The third-order valence-corrected chi connectivity index (χ3v) is 4.77. The maximum atomic E-state index is 12.3. The number of benzene rings is 2. The highest BCUT2D eigenvalue weighted by molar-refractivity contribution is 7.99. The van der Waals surface area contributed by atoms with Crippen molar-refractivity contribution in [1.29, 1.82) is 0 Å². The molecular weight excluding hydrogens is 328 g/mol. The summed E-state index contributed by atoms with van der Waals surface area (Å²) in [5.74, 6) is -0.141. The summed E-state index contributed by atoms with van der Waals surface area (Å²) in [6.45, 7) is 6.41. The van der Waals surface area contributed by atoms with E-state index in [4.69, 9.17) is 5.73 Å². The highest BCUT2D eigenvalue weighted by atomic mass is 35.5. The van der Waals surface area contributed by atoms with Crippen molar-refractivity contribution in [3.05, 3.63) is 53.6 Å². The third-order valence-electron chi connectivity index (χ3n) is 3.51. The van der Waals surface area contributed by atoms with Crippen molar-refractivity contribution in [2.45, 2.75) is 37.3 Å². The average Bonchev–Trinajstić information content (AvgIpc) is 2.49. The van der Waals surface area contributed by atoms with E-state index in [9.17, 15) is 4.79 Å². The van der Waals surface area contributed by atoms with Gasteiger partial charge in [0.15, 0.2) is 0 Å². The minimum atomic E-state index is -0.141. The van der Waals surface area contributed by atoms with Crippen LogP contribution < -0.4 is 11.1 Å². The Morgan fingerprint density at radius 2 is 2.00 bits per heavy atom. The molecule has 1 atom stereocenters. The minimum Gasteiger partial charge on any atom is -0.399 e. The van der Waals surface area contributed by atoms with E-state index in [1.54, 1.807) is 24.3 Å². The van der Waals surface area contributed by atoms with E-state index in [0.717, 1.165) is 17.7 Å². The number of aryl methyl sites for hydroxylation is 1. The number of thioether (sulfide) groups is 1. The molecule has 0 radical (unpaired) electrons. The molecule has 0 aromatic heterocycles. The van der Waals surface area contributed by atoms with Gasteiger partial charge >= 0.3 is 0 Å². The van der Waals surface area contributed by atoms with Crippen LogP contribution in [0.3, 0.4) is 0 Å². The van der Waals surface area contributed by atoms with Crippen LogP contribution in [-0.2, 0) is 0 Å². The smallest absolute Gasteiger partial charge is 0.255 e. The number of nitrogens with two attached hydrogens (primary N) is 1. The van der Waals surface area contributed by atoms with Crippen LogP contribution in [0.25, 0.3) is 0 Å². The Morgan fingerprint density at radius 1 is 1.26 bits per heavy atom. The van der Waals surface area contributed by atoms with Crippen molar-refractivity contribution >= 4 is 41.5 Å². The van der Waals surface area contributed by atoms with Gasteiger partial charge in [-0.1, -0.05) is 19.9 Å². The largest absolute Gasteiger partial charge is 0.399 e. The van der Waals surface area contributed by atoms with Crippen molar-refractivity contribution in [1.82, 2.24) is 0 Å². The highest BCUT2D eigenvalue weighted by Crippen LogP contribution is 2.28. The lowest BCUT2D eigenvalue weighted by Crippen LogP contribution is -2.13. The standard InChI is InChI=1S/C18H22N2OS.ClH/c1-4-13(3)22-16-8-9-17(12(2)10-16)20-18(21)14-6-5-7-15(19)11-14;/h5-11,13H,4,19H2,1-3H3,(H,20,21);1H. The van der Waals surface area contributed by atoms with E-state index in [1.807, 2.05) is 24.8 Å². The molecule has 0 saturated carbocycles. The summed E-state index contributed by atoms with van der Waals surface area (Å²) >= 11 is 1.85. The molecule has 5 heteroatoms. The monoisotopic (exact) mass is 350 g/mol. The second kappa shape index (κ2) is 8.85. The quantitative estimate of drug-likeness (QED) is 0.579. The number of rotatable bonds is 5. The first-order valence-corrected chi connectivity index (χ1v) is 8.31. The van der Waals surface area contributed by atoms with Gasteiger partial charge in [0.25, 0.3) is 5.91 Å². The lowest BCUT2D eigenvalue weighted by atomic mass is 10.1. The Bertz CT molecular complexity index is 676. The van der Waals surface area contributed by atoms with Gasteiger partial charge in [0.1, 0.15) is 0 Å². The van der Waals surface area contributed by atoms with Crippen molar-refractivity contribution in [3.63, 3.8) is 0 Å². The Hall–Kier alpha value is -1.65. The lowest BCUT2D eigenvalue weighted by Gasteiger charge is -2.12. The summed E-state index contributed by atoms with van der Waals surface area (Å²) in [5.41, 5.74) is 8.77. The molecule has 0 saturated heterocycles. The van der Waals surface area contributed by atoms with E-state index in [0.29, 0.717) is 16.5 Å². The molecule has 0 aliphatic rings. The van der Waals surface area contributed by atoms with Crippen LogP contribution in [0.1, 0.15) is 36.2 Å². The van der Waals surface area contributed by atoms with E-state index < -0.39 is 0 Å². The number of amides is 1. The molecule has 3 nitrogen and oxygen atoms in total. The zero-order chi connectivity index (χ0) is 16.1. The summed E-state index contributed by atoms with van der Waals surface area (Å²) in [6.07, 6.45) is 1.14. The normalized spacial score (nSPS) is 11.4. The van der Waals surface area contributed by atoms with E-state index >= 15 is 0 Å². The van der Waals surface area contributed by atoms with Gasteiger partial charge in [0.05, 0.1) is 0 Å². The first-order valence-electron chi connectivity index (χ1n) is 7.43. The molecule has 23 heavy (non-hydrogen) atoms. The number of anilines is 2. The van der Waals surface area contributed by atoms with E-state index in [1.165, 1.54) is 4.90 Å². The van der Waals surface area contributed by atoms with Crippen molar-refractivity contribution in [2.75, 3.05) is 11.1 Å². The van der Waals surface area contributed by atoms with Gasteiger partial charge in [-0.3, -0.25) is 4.79 Å². The van der Waals surface area contributed by atoms with Gasteiger partial charge in [0.2, 0.25) is 0 Å². The van der Waals surface area contributed by atoms with Gasteiger partial charge in [-0.25, -0.2) is 0 Å². The number of carbonyl (C=O) groups excluding carboxylic acids is 1. The molecule has 2 aromatic rings. The molecular formula is C18H23ClN2OS. The predicted octanol–water partition coefficient (Wildman–Crippen LogP) is 5.14. The minimum absolute atomic E-state index is 0. The second-order valence-electron chi connectivity index (χ2n) is 5.39. The Balaban J connectivity index is 0.00000264. The zero-order valence-corrected chi connectivity index (χ0v) is 15.3. The number of nitrogens with one attached hydrogen (secondary N) is 1. The van der Waals surface area contributed by atoms with E-state index in [-0.39, 0.29) is 18.3 Å². The lowest BCUT2D eigenvalue weighted by molar-refractivity contribution is 0.102. The SMILES string of the molecule is CCC(C)Sc1ccc(NC(=O)c2cccc(N)c2)c(C)c1.Cl. The van der Waals surface area contributed by atoms with Crippen LogP contribution in [0.15, 0.2) is 47.4 Å². The molecule has 0 aliphatic heterocycles. The average molecular weight is 351 g/mol. The third kappa shape index (κ3) is 5.48. The Labute approximate surface area is 148 Å². The van der Waals surface area contributed by atoms with Crippen LogP contribution >= 0.6 is 24.2 Å². The van der Waals surface area contributed by atoms with Crippen LogP contribution in [0.4, 0.5) is 11.4 Å². The fraction of sp³-hybridized carbons (Fsp3) is 0.278. The molecule has 0 aliphatic carbocycles. The Morgan fingerprint density at radius 3 is 2.61 bits per heavy atom. The summed E-state index contributed by atoms with van der Waals surface area (Å²) in [7, 11) is 0. The first kappa shape index (κ1) is 19.4. The van der Waals surface area contributed by atoms with Crippen molar-refractivity contribution in [2.24, 2.45) is 0 Å². The number of hydrogen-bond acceptors (Lipinski definition) is 3. The zero-order valence-electron chi connectivity index (χ0n) is 13.6. The molecule has 2 aromatic carbocycles. The van der Waals surface area contributed by atoms with Crippen molar-refractivity contribution in [3.8, 4) is 0 Å². The van der Waals surface area contributed by atoms with Gasteiger partial charge in [-0.15, -0.1) is 24.2 Å². The molecule has 124 valence electrons. The molecule has 0 heterocycles. The first-order chi connectivity index (χ1) is 10.5. The van der Waals surface area contributed by atoms with Crippen LogP contribution in [0.2, 0.25) is 0 Å². The van der Waals surface area contributed by atoms with Crippen LogP contribution in [-0.4, -0.2) is 11.2 Å². The number of nitrogen functional groups attached to an aromatic ring is 1. The predicted molar refractivity (Wildman–Crippen MR) is 103 cm³/mol. The van der Waals surface area contributed by atoms with Crippen molar-refractivity contribution < 1.29 is 4.79 Å². The maximum Gasteiger partial charge on any atom is 0.255 e. The summed E-state index contributed by atoms with van der Waals surface area (Å²) in [6, 6.07) is 13.1. The highest BCUT2D eigenvalue weighted by Gasteiger charge is 2.09. The molecule has 2 rings (SSSR count). The molecule has 3 N–H and O–H groups in total. The molecule has 0 spiro atoms. The molecule has 1 unspecified atom stereocenters. The molecule has 0 fully saturated rings. The van der Waals surface area contributed by atoms with Gasteiger partial charge in [-0.05, 0) is 55.3 Å².